The van der Waals surface area contributed by atoms with Gasteiger partial charge in [0.25, 0.3) is 0 Å². The summed E-state index contributed by atoms with van der Waals surface area (Å²) in [5.41, 5.74) is 1.81. The van der Waals surface area contributed by atoms with E-state index in [1.54, 1.807) is 23.5 Å². The van der Waals surface area contributed by atoms with E-state index in [1.165, 1.54) is 4.88 Å². The van der Waals surface area contributed by atoms with Gasteiger partial charge in [-0.2, -0.15) is 0 Å². The van der Waals surface area contributed by atoms with Gasteiger partial charge in [0.05, 0.1) is 12.1 Å². The van der Waals surface area contributed by atoms with E-state index in [1.807, 2.05) is 42.6 Å². The van der Waals surface area contributed by atoms with E-state index >= 15 is 0 Å². The zero-order valence-electron chi connectivity index (χ0n) is 14.8. The number of amides is 1. The van der Waals surface area contributed by atoms with Crippen LogP contribution in [0.25, 0.3) is 0 Å². The largest absolute Gasteiger partial charge is 0.454 e. The van der Waals surface area contributed by atoms with Crippen molar-refractivity contribution in [2.45, 2.75) is 19.0 Å². The maximum atomic E-state index is 12.7. The molecule has 2 atom stereocenters. The zero-order chi connectivity index (χ0) is 18.6. The van der Waals surface area contributed by atoms with Gasteiger partial charge in [-0.15, -0.1) is 11.3 Å². The Bertz CT molecular complexity index is 912. The maximum Gasteiger partial charge on any atom is 0.241 e. The molecule has 0 bridgehead atoms. The first-order chi connectivity index (χ1) is 13.2. The van der Waals surface area contributed by atoms with Crippen LogP contribution in [0.4, 0.5) is 5.69 Å². The maximum absolute atomic E-state index is 12.7. The number of benzene rings is 2. The van der Waals surface area contributed by atoms with Gasteiger partial charge in [0, 0.05) is 16.6 Å². The van der Waals surface area contributed by atoms with Crippen molar-refractivity contribution in [1.29, 1.82) is 0 Å². The Morgan fingerprint density at radius 2 is 1.85 bits per heavy atom. The van der Waals surface area contributed by atoms with Crippen LogP contribution in [0.1, 0.15) is 23.4 Å². The summed E-state index contributed by atoms with van der Waals surface area (Å²) in [7, 11) is 0. The molecule has 2 aromatic carbocycles. The van der Waals surface area contributed by atoms with E-state index < -0.39 is 0 Å². The van der Waals surface area contributed by atoms with Crippen LogP contribution in [0.5, 0.6) is 11.5 Å². The van der Waals surface area contributed by atoms with Crippen molar-refractivity contribution in [1.82, 2.24) is 5.32 Å². The van der Waals surface area contributed by atoms with Crippen LogP contribution in [-0.2, 0) is 4.79 Å². The second kappa shape index (κ2) is 7.82. The SMILES string of the molecule is C[C@@H](N[C@@H](c1ccccc1)c1cccs1)C(=O)Nc1ccc2c(c1)OCO2. The third-order valence-corrected chi connectivity index (χ3v) is 5.35. The number of ether oxygens (including phenoxy) is 2. The number of nitrogens with one attached hydrogen (secondary N) is 2. The second-order valence-electron chi connectivity index (χ2n) is 6.30. The molecule has 0 saturated heterocycles. The Morgan fingerprint density at radius 1 is 1.04 bits per heavy atom. The fourth-order valence-corrected chi connectivity index (χ4v) is 3.81. The van der Waals surface area contributed by atoms with Gasteiger partial charge in [-0.1, -0.05) is 36.4 Å². The molecule has 1 aliphatic rings. The van der Waals surface area contributed by atoms with Crippen LogP contribution < -0.4 is 20.1 Å². The summed E-state index contributed by atoms with van der Waals surface area (Å²) in [4.78, 5) is 13.9. The number of thiophene rings is 1. The summed E-state index contributed by atoms with van der Waals surface area (Å²) < 4.78 is 10.7. The van der Waals surface area contributed by atoms with Crippen LogP contribution in [-0.4, -0.2) is 18.7 Å². The minimum absolute atomic E-state index is 0.0382. The van der Waals surface area contributed by atoms with E-state index in [4.69, 9.17) is 9.47 Å². The third kappa shape index (κ3) is 3.97. The van der Waals surface area contributed by atoms with Gasteiger partial charge in [0.15, 0.2) is 11.5 Å². The molecule has 1 aliphatic heterocycles. The predicted molar refractivity (Wildman–Crippen MR) is 106 cm³/mol. The number of hydrogen-bond donors (Lipinski definition) is 2. The molecule has 0 unspecified atom stereocenters. The number of carbonyl (C=O) groups is 1. The fourth-order valence-electron chi connectivity index (χ4n) is 2.99. The van der Waals surface area contributed by atoms with Gasteiger partial charge >= 0.3 is 0 Å². The van der Waals surface area contributed by atoms with Crippen LogP contribution in [0.15, 0.2) is 66.0 Å². The molecular formula is C21H20N2O3S. The molecule has 5 nitrogen and oxygen atoms in total. The molecule has 2 N–H and O–H groups in total. The number of anilines is 1. The highest BCUT2D eigenvalue weighted by Gasteiger charge is 2.22. The quantitative estimate of drug-likeness (QED) is 0.673. The molecule has 0 spiro atoms. The van der Waals surface area contributed by atoms with Crippen LogP contribution >= 0.6 is 11.3 Å². The standard InChI is InChI=1S/C21H20N2O3S/c1-14(21(24)23-16-9-10-17-18(12-16)26-13-25-17)22-20(19-8-5-11-27-19)15-6-3-2-4-7-15/h2-12,14,20,22H,13H2,1H3,(H,23,24)/t14-,20+/m1/s1. The molecule has 3 aromatic rings. The molecule has 27 heavy (non-hydrogen) atoms. The summed E-state index contributed by atoms with van der Waals surface area (Å²) in [6, 6.07) is 19.2. The summed E-state index contributed by atoms with van der Waals surface area (Å²) >= 11 is 1.67. The van der Waals surface area contributed by atoms with E-state index in [0.717, 1.165) is 5.56 Å². The zero-order valence-corrected chi connectivity index (χ0v) is 15.7. The fraction of sp³-hybridized carbons (Fsp3) is 0.190. The van der Waals surface area contributed by atoms with Crippen molar-refractivity contribution in [2.24, 2.45) is 0 Å². The lowest BCUT2D eigenvalue weighted by Crippen LogP contribution is -2.40. The summed E-state index contributed by atoms with van der Waals surface area (Å²) in [6.07, 6.45) is 0. The molecule has 6 heteroatoms. The predicted octanol–water partition coefficient (Wildman–Crippen LogP) is 4.18. The smallest absolute Gasteiger partial charge is 0.241 e. The van der Waals surface area contributed by atoms with Gasteiger partial charge < -0.3 is 14.8 Å². The van der Waals surface area contributed by atoms with Gasteiger partial charge in [0.2, 0.25) is 12.7 Å². The average molecular weight is 380 g/mol. The van der Waals surface area contributed by atoms with E-state index in [9.17, 15) is 4.79 Å². The summed E-state index contributed by atoms with van der Waals surface area (Å²) in [5.74, 6) is 1.24. The van der Waals surface area contributed by atoms with Crippen molar-refractivity contribution in [3.05, 3.63) is 76.5 Å². The number of carbonyl (C=O) groups excluding carboxylic acids is 1. The van der Waals surface area contributed by atoms with Gasteiger partial charge in [-0.3, -0.25) is 10.1 Å². The first-order valence-electron chi connectivity index (χ1n) is 8.75. The number of fused-ring (bicyclic) bond motifs is 1. The molecule has 0 saturated carbocycles. The van der Waals surface area contributed by atoms with Crippen molar-refractivity contribution in [2.75, 3.05) is 12.1 Å². The van der Waals surface area contributed by atoms with Gasteiger partial charge in [-0.05, 0) is 36.1 Å². The lowest BCUT2D eigenvalue weighted by molar-refractivity contribution is -0.117. The monoisotopic (exact) mass is 380 g/mol. The van der Waals surface area contributed by atoms with Crippen LogP contribution in [0, 0.1) is 0 Å². The minimum Gasteiger partial charge on any atom is -0.454 e. The first kappa shape index (κ1) is 17.6. The van der Waals surface area contributed by atoms with E-state index in [2.05, 4.69) is 28.8 Å². The lowest BCUT2D eigenvalue weighted by atomic mass is 10.0. The Labute approximate surface area is 161 Å². The first-order valence-corrected chi connectivity index (χ1v) is 9.63. The number of rotatable bonds is 6. The molecule has 138 valence electrons. The van der Waals surface area contributed by atoms with E-state index in [0.29, 0.717) is 17.2 Å². The highest BCUT2D eigenvalue weighted by molar-refractivity contribution is 7.10. The summed E-state index contributed by atoms with van der Waals surface area (Å²) in [5, 5.41) is 8.44. The van der Waals surface area contributed by atoms with Crippen LogP contribution in [0.3, 0.4) is 0 Å². The molecule has 4 rings (SSSR count). The third-order valence-electron chi connectivity index (χ3n) is 4.41. The Kier molecular flexibility index (Phi) is 5.09. The average Bonchev–Trinajstić information content (AvgIpc) is 3.38. The molecule has 1 amide bonds. The Hall–Kier alpha value is -2.83. The molecule has 0 aliphatic carbocycles. The Balaban J connectivity index is 1.47. The number of hydrogen-bond acceptors (Lipinski definition) is 5. The lowest BCUT2D eigenvalue weighted by Gasteiger charge is -2.22. The molecular weight excluding hydrogens is 360 g/mol. The topological polar surface area (TPSA) is 59.6 Å². The van der Waals surface area contributed by atoms with Crippen molar-refractivity contribution < 1.29 is 14.3 Å². The minimum atomic E-state index is -0.386. The molecule has 2 heterocycles. The highest BCUT2D eigenvalue weighted by atomic mass is 32.1. The molecule has 0 fully saturated rings. The second-order valence-corrected chi connectivity index (χ2v) is 7.28. The van der Waals surface area contributed by atoms with Gasteiger partial charge in [0.1, 0.15) is 0 Å². The molecule has 1 aromatic heterocycles. The van der Waals surface area contributed by atoms with Crippen molar-refractivity contribution in [3.8, 4) is 11.5 Å². The summed E-state index contributed by atoms with van der Waals surface area (Å²) in [6.45, 7) is 2.08. The van der Waals surface area contributed by atoms with E-state index in [-0.39, 0.29) is 24.8 Å². The van der Waals surface area contributed by atoms with Crippen molar-refractivity contribution >= 4 is 22.9 Å². The molecule has 0 radical (unpaired) electrons. The normalized spacial score (nSPS) is 14.6. The van der Waals surface area contributed by atoms with Crippen LogP contribution in [0.2, 0.25) is 0 Å². The van der Waals surface area contributed by atoms with Gasteiger partial charge in [-0.25, -0.2) is 0 Å². The Morgan fingerprint density at radius 3 is 2.63 bits per heavy atom. The van der Waals surface area contributed by atoms with Crippen molar-refractivity contribution in [3.63, 3.8) is 0 Å². The highest BCUT2D eigenvalue weighted by Crippen LogP contribution is 2.34.